The summed E-state index contributed by atoms with van der Waals surface area (Å²) in [6.45, 7) is 0.731. The second-order valence-corrected chi connectivity index (χ2v) is 7.25. The summed E-state index contributed by atoms with van der Waals surface area (Å²) >= 11 is 3.50. The fraction of sp³-hybridized carbons (Fsp3) is 0.333. The maximum absolute atomic E-state index is 13.5. The second-order valence-electron chi connectivity index (χ2n) is 6.40. The summed E-state index contributed by atoms with van der Waals surface area (Å²) in [6, 6.07) is 7.25. The molecule has 0 aliphatic carbocycles. The fourth-order valence-corrected chi connectivity index (χ4v) is 3.91. The standard InChI is InChI=1S/C21H23BrNO5/c1-23-7-6-12-8-16(25-2)17(26-3)9-13(12)20(23)21(24)14-10-18(27-4)19(28-5)11-15(14)22/h8-11H,6-7H2,1-5H3/q+1. The summed E-state index contributed by atoms with van der Waals surface area (Å²) < 4.78 is 24.2. The first kappa shape index (κ1) is 20.2. The Morgan fingerprint density at radius 2 is 1.43 bits per heavy atom. The van der Waals surface area contributed by atoms with Crippen LogP contribution in [0.2, 0.25) is 0 Å². The van der Waals surface area contributed by atoms with Gasteiger partial charge >= 0.3 is 0 Å². The van der Waals surface area contributed by atoms with Crippen LogP contribution in [0.4, 0.5) is 0 Å². The SMILES string of the molecule is COc1cc(Br)c(C(=O)C2=[N+](C)CCc3cc(OC)c(OC)cc32)cc1OC. The lowest BCUT2D eigenvalue weighted by Gasteiger charge is -2.19. The van der Waals surface area contributed by atoms with Crippen molar-refractivity contribution in [3.63, 3.8) is 0 Å². The van der Waals surface area contributed by atoms with Gasteiger partial charge in [0.25, 0.3) is 11.5 Å². The highest BCUT2D eigenvalue weighted by atomic mass is 79.9. The molecule has 0 unspecified atom stereocenters. The minimum absolute atomic E-state index is 0.108. The van der Waals surface area contributed by atoms with Gasteiger partial charge in [0.1, 0.15) is 13.6 Å². The Morgan fingerprint density at radius 1 is 0.893 bits per heavy atom. The maximum Gasteiger partial charge on any atom is 0.258 e. The van der Waals surface area contributed by atoms with Crippen LogP contribution in [0.25, 0.3) is 0 Å². The molecule has 3 rings (SSSR count). The van der Waals surface area contributed by atoms with E-state index in [9.17, 15) is 4.79 Å². The van der Waals surface area contributed by atoms with Gasteiger partial charge in [-0.1, -0.05) is 0 Å². The number of likely N-dealkylation sites (N-methyl/N-ethyl adjacent to an activating group) is 1. The lowest BCUT2D eigenvalue weighted by Crippen LogP contribution is -2.33. The fourth-order valence-electron chi connectivity index (χ4n) is 3.41. The smallest absolute Gasteiger partial charge is 0.258 e. The van der Waals surface area contributed by atoms with E-state index in [1.54, 1.807) is 40.6 Å². The molecule has 0 spiro atoms. The molecule has 2 aromatic carbocycles. The Bertz CT molecular complexity index is 968. The average molecular weight is 449 g/mol. The van der Waals surface area contributed by atoms with Crippen molar-refractivity contribution in [2.45, 2.75) is 6.42 Å². The Labute approximate surface area is 172 Å². The third-order valence-corrected chi connectivity index (χ3v) is 5.55. The van der Waals surface area contributed by atoms with Gasteiger partial charge in [-0.3, -0.25) is 4.79 Å². The van der Waals surface area contributed by atoms with E-state index in [1.165, 1.54) is 0 Å². The number of ether oxygens (including phenoxy) is 4. The monoisotopic (exact) mass is 448 g/mol. The van der Waals surface area contributed by atoms with Gasteiger partial charge in [-0.05, 0) is 45.8 Å². The van der Waals surface area contributed by atoms with Crippen molar-refractivity contribution in [3.8, 4) is 23.0 Å². The number of Topliss-reactive ketones (excluding diaryl/α,β-unsaturated/α-hetero) is 1. The summed E-state index contributed by atoms with van der Waals surface area (Å²) in [4.78, 5) is 13.5. The number of fused-ring (bicyclic) bond motifs is 1. The molecular weight excluding hydrogens is 426 g/mol. The molecule has 0 radical (unpaired) electrons. The Kier molecular flexibility index (Phi) is 5.93. The quantitative estimate of drug-likeness (QED) is 0.500. The number of nitrogens with zero attached hydrogens (tertiary/aromatic N) is 1. The number of ketones is 1. The third kappa shape index (κ3) is 3.46. The molecule has 0 bridgehead atoms. The van der Waals surface area contributed by atoms with Crippen molar-refractivity contribution in [1.29, 1.82) is 0 Å². The lowest BCUT2D eigenvalue weighted by molar-refractivity contribution is -0.496. The molecule has 0 atom stereocenters. The predicted octanol–water partition coefficient (Wildman–Crippen LogP) is 3.35. The van der Waals surface area contributed by atoms with Crippen LogP contribution in [-0.2, 0) is 6.42 Å². The number of methoxy groups -OCH3 is 4. The number of carbonyl (C=O) groups is 1. The van der Waals surface area contributed by atoms with E-state index in [4.69, 9.17) is 18.9 Å². The number of benzene rings is 2. The zero-order valence-corrected chi connectivity index (χ0v) is 18.2. The van der Waals surface area contributed by atoms with Crippen LogP contribution in [0.3, 0.4) is 0 Å². The minimum atomic E-state index is -0.108. The average Bonchev–Trinajstić information content (AvgIpc) is 2.71. The van der Waals surface area contributed by atoms with Crippen molar-refractivity contribution < 1.29 is 28.3 Å². The number of hydrogen-bond donors (Lipinski definition) is 0. The Balaban J connectivity index is 2.15. The molecule has 0 N–H and O–H groups in total. The van der Waals surface area contributed by atoms with Crippen LogP contribution in [0.5, 0.6) is 23.0 Å². The van der Waals surface area contributed by atoms with E-state index >= 15 is 0 Å². The molecule has 7 heteroatoms. The Hall–Kier alpha value is -2.54. The predicted molar refractivity (Wildman–Crippen MR) is 110 cm³/mol. The van der Waals surface area contributed by atoms with E-state index in [-0.39, 0.29) is 5.78 Å². The molecule has 1 aliphatic rings. The minimum Gasteiger partial charge on any atom is -0.493 e. The Morgan fingerprint density at radius 3 is 2.04 bits per heavy atom. The molecule has 0 fully saturated rings. The summed E-state index contributed by atoms with van der Waals surface area (Å²) in [7, 11) is 8.22. The van der Waals surface area contributed by atoms with E-state index in [1.807, 2.05) is 23.8 Å². The van der Waals surface area contributed by atoms with Crippen molar-refractivity contribution >= 4 is 27.4 Å². The van der Waals surface area contributed by atoms with Gasteiger partial charge in [0, 0.05) is 16.5 Å². The largest absolute Gasteiger partial charge is 0.493 e. The van der Waals surface area contributed by atoms with Crippen LogP contribution < -0.4 is 18.9 Å². The number of halogens is 1. The molecule has 0 saturated heterocycles. The molecule has 1 aliphatic heterocycles. The van der Waals surface area contributed by atoms with Gasteiger partial charge in [0.05, 0.1) is 34.0 Å². The molecule has 148 valence electrons. The van der Waals surface area contributed by atoms with Crippen LogP contribution in [-0.4, -0.2) is 58.1 Å². The van der Waals surface area contributed by atoms with Crippen molar-refractivity contribution in [2.75, 3.05) is 42.0 Å². The summed E-state index contributed by atoms with van der Waals surface area (Å²) in [5, 5.41) is 0. The van der Waals surface area contributed by atoms with Crippen molar-refractivity contribution in [3.05, 3.63) is 45.4 Å². The van der Waals surface area contributed by atoms with Gasteiger partial charge in [0.15, 0.2) is 23.0 Å². The van der Waals surface area contributed by atoms with E-state index < -0.39 is 0 Å². The van der Waals surface area contributed by atoms with E-state index in [0.29, 0.717) is 38.7 Å². The molecular formula is C21H23BrNO5+. The van der Waals surface area contributed by atoms with Crippen LogP contribution >= 0.6 is 15.9 Å². The molecule has 1 heterocycles. The lowest BCUT2D eigenvalue weighted by atomic mass is 9.91. The number of carbonyl (C=O) groups excluding carboxylic acids is 1. The van der Waals surface area contributed by atoms with Gasteiger partial charge in [-0.15, -0.1) is 0 Å². The topological polar surface area (TPSA) is 57.0 Å². The second kappa shape index (κ2) is 8.22. The summed E-state index contributed by atoms with van der Waals surface area (Å²) in [6.07, 6.45) is 0.816. The zero-order chi connectivity index (χ0) is 20.4. The van der Waals surface area contributed by atoms with Crippen LogP contribution in [0.1, 0.15) is 21.5 Å². The third-order valence-electron chi connectivity index (χ3n) is 4.90. The first-order valence-corrected chi connectivity index (χ1v) is 9.54. The normalized spacial score (nSPS) is 13.1. The molecule has 6 nitrogen and oxygen atoms in total. The maximum atomic E-state index is 13.5. The molecule has 28 heavy (non-hydrogen) atoms. The first-order chi connectivity index (χ1) is 13.4. The molecule has 0 aromatic heterocycles. The number of hydrogen-bond acceptors (Lipinski definition) is 5. The van der Waals surface area contributed by atoms with E-state index in [2.05, 4.69) is 15.9 Å². The highest BCUT2D eigenvalue weighted by molar-refractivity contribution is 9.10. The molecule has 0 saturated carbocycles. The van der Waals surface area contributed by atoms with Gasteiger partial charge < -0.3 is 18.9 Å². The highest BCUT2D eigenvalue weighted by Gasteiger charge is 2.33. The van der Waals surface area contributed by atoms with Crippen molar-refractivity contribution in [2.24, 2.45) is 0 Å². The van der Waals surface area contributed by atoms with Gasteiger partial charge in [-0.25, -0.2) is 4.58 Å². The summed E-state index contributed by atoms with van der Waals surface area (Å²) in [5.74, 6) is 2.20. The van der Waals surface area contributed by atoms with Crippen LogP contribution in [0, 0.1) is 0 Å². The van der Waals surface area contributed by atoms with Crippen molar-refractivity contribution in [1.82, 2.24) is 0 Å². The van der Waals surface area contributed by atoms with Crippen LogP contribution in [0.15, 0.2) is 28.7 Å². The van der Waals surface area contributed by atoms with Gasteiger partial charge in [0.2, 0.25) is 0 Å². The van der Waals surface area contributed by atoms with Gasteiger partial charge in [-0.2, -0.15) is 0 Å². The highest BCUT2D eigenvalue weighted by Crippen LogP contribution is 2.36. The zero-order valence-electron chi connectivity index (χ0n) is 16.6. The summed E-state index contributed by atoms with van der Waals surface area (Å²) in [5.41, 5.74) is 3.01. The molecule has 0 amide bonds. The first-order valence-electron chi connectivity index (χ1n) is 8.74. The number of rotatable bonds is 6. The molecule has 2 aromatic rings. The van der Waals surface area contributed by atoms with E-state index in [0.717, 1.165) is 24.1 Å².